The second-order valence-corrected chi connectivity index (χ2v) is 7.76. The zero-order chi connectivity index (χ0) is 22.0. The summed E-state index contributed by atoms with van der Waals surface area (Å²) < 4.78 is 10.9. The quantitative estimate of drug-likeness (QED) is 0.639. The molecule has 0 bridgehead atoms. The number of carbonyl (C=O) groups is 3. The van der Waals surface area contributed by atoms with Crippen LogP contribution in [0.25, 0.3) is 0 Å². The molecule has 1 fully saturated rings. The molecular formula is C24H26N2O5. The first-order valence-electron chi connectivity index (χ1n) is 10.5. The minimum Gasteiger partial charge on any atom is -0.497 e. The van der Waals surface area contributed by atoms with Gasteiger partial charge in [0.15, 0.2) is 0 Å². The summed E-state index contributed by atoms with van der Waals surface area (Å²) in [6.45, 7) is 0.913. The normalized spacial score (nSPS) is 17.8. The molecule has 7 heteroatoms. The molecule has 0 aromatic heterocycles. The second kappa shape index (κ2) is 8.79. The first-order valence-corrected chi connectivity index (χ1v) is 10.5. The van der Waals surface area contributed by atoms with Gasteiger partial charge in [-0.25, -0.2) is 0 Å². The molecule has 0 aliphatic carbocycles. The van der Waals surface area contributed by atoms with Gasteiger partial charge in [-0.15, -0.1) is 0 Å². The molecule has 1 atom stereocenters. The molecule has 4 rings (SSSR count). The number of benzene rings is 2. The van der Waals surface area contributed by atoms with Crippen LogP contribution in [0, 0.1) is 0 Å². The third kappa shape index (κ3) is 3.87. The van der Waals surface area contributed by atoms with E-state index in [0.717, 1.165) is 29.9 Å². The Morgan fingerprint density at radius 1 is 1.03 bits per heavy atom. The summed E-state index contributed by atoms with van der Waals surface area (Å²) >= 11 is 0. The lowest BCUT2D eigenvalue weighted by Gasteiger charge is -2.27. The molecule has 0 spiro atoms. The molecule has 1 unspecified atom stereocenters. The predicted octanol–water partition coefficient (Wildman–Crippen LogP) is 3.44. The van der Waals surface area contributed by atoms with Crippen molar-refractivity contribution in [2.75, 3.05) is 27.3 Å². The smallest absolute Gasteiger partial charge is 0.261 e. The molecule has 0 N–H and O–H groups in total. The number of fused-ring (bicyclic) bond motifs is 1. The van der Waals surface area contributed by atoms with E-state index in [2.05, 4.69) is 0 Å². The third-order valence-corrected chi connectivity index (χ3v) is 6.02. The van der Waals surface area contributed by atoms with Gasteiger partial charge in [-0.1, -0.05) is 12.1 Å². The second-order valence-electron chi connectivity index (χ2n) is 7.76. The Bertz CT molecular complexity index is 984. The minimum atomic E-state index is -0.284. The van der Waals surface area contributed by atoms with Gasteiger partial charge in [0.2, 0.25) is 5.91 Å². The van der Waals surface area contributed by atoms with Gasteiger partial charge < -0.3 is 14.4 Å². The van der Waals surface area contributed by atoms with E-state index in [0.29, 0.717) is 24.1 Å². The molecule has 7 nitrogen and oxygen atoms in total. The lowest BCUT2D eigenvalue weighted by atomic mass is 10.0. The number of likely N-dealkylation sites (tertiary alicyclic amines) is 1. The van der Waals surface area contributed by atoms with Gasteiger partial charge in [-0.05, 0) is 49.6 Å². The molecule has 1 saturated heterocycles. The maximum Gasteiger partial charge on any atom is 0.261 e. The number of carbonyl (C=O) groups excluding carboxylic acids is 3. The number of rotatable bonds is 7. The summed E-state index contributed by atoms with van der Waals surface area (Å²) in [6.07, 6.45) is 2.47. The SMILES string of the molecule is COc1ccc(OC)c(C2CCCN2C(=O)CCCN2C(=O)c3ccccc3C2=O)c1. The number of hydrogen-bond donors (Lipinski definition) is 0. The molecular weight excluding hydrogens is 396 g/mol. The van der Waals surface area contributed by atoms with Crippen LogP contribution in [0.4, 0.5) is 0 Å². The fraction of sp³-hybridized carbons (Fsp3) is 0.375. The van der Waals surface area contributed by atoms with Crippen molar-refractivity contribution in [1.82, 2.24) is 9.80 Å². The van der Waals surface area contributed by atoms with Crippen LogP contribution in [0.1, 0.15) is 58.0 Å². The van der Waals surface area contributed by atoms with E-state index < -0.39 is 0 Å². The first kappa shape index (κ1) is 20.9. The van der Waals surface area contributed by atoms with Crippen LogP contribution >= 0.6 is 0 Å². The molecule has 2 aromatic carbocycles. The van der Waals surface area contributed by atoms with Crippen LogP contribution in [0.3, 0.4) is 0 Å². The summed E-state index contributed by atoms with van der Waals surface area (Å²) in [4.78, 5) is 41.1. The number of imide groups is 1. The highest BCUT2D eigenvalue weighted by Crippen LogP contribution is 2.39. The Labute approximate surface area is 181 Å². The van der Waals surface area contributed by atoms with Crippen molar-refractivity contribution in [2.24, 2.45) is 0 Å². The third-order valence-electron chi connectivity index (χ3n) is 6.02. The Hall–Kier alpha value is -3.35. The Morgan fingerprint density at radius 2 is 1.74 bits per heavy atom. The van der Waals surface area contributed by atoms with E-state index >= 15 is 0 Å². The molecule has 162 valence electrons. The van der Waals surface area contributed by atoms with E-state index in [4.69, 9.17) is 9.47 Å². The first-order chi connectivity index (χ1) is 15.0. The van der Waals surface area contributed by atoms with Gasteiger partial charge >= 0.3 is 0 Å². The van der Waals surface area contributed by atoms with Crippen molar-refractivity contribution in [3.8, 4) is 11.5 Å². The van der Waals surface area contributed by atoms with Crippen molar-refractivity contribution in [3.63, 3.8) is 0 Å². The highest BCUT2D eigenvalue weighted by molar-refractivity contribution is 6.21. The van der Waals surface area contributed by atoms with Gasteiger partial charge in [0, 0.05) is 25.1 Å². The fourth-order valence-electron chi connectivity index (χ4n) is 4.46. The maximum atomic E-state index is 13.0. The van der Waals surface area contributed by atoms with Gasteiger partial charge in [-0.3, -0.25) is 19.3 Å². The van der Waals surface area contributed by atoms with Crippen LogP contribution in [0.5, 0.6) is 11.5 Å². The summed E-state index contributed by atoms with van der Waals surface area (Å²) in [7, 11) is 3.23. The Kier molecular flexibility index (Phi) is 5.93. The number of hydrogen-bond acceptors (Lipinski definition) is 5. The van der Waals surface area contributed by atoms with Gasteiger partial charge in [0.05, 0.1) is 31.4 Å². The van der Waals surface area contributed by atoms with E-state index in [1.807, 2.05) is 23.1 Å². The zero-order valence-electron chi connectivity index (χ0n) is 17.8. The van der Waals surface area contributed by atoms with Crippen molar-refractivity contribution in [3.05, 3.63) is 59.2 Å². The van der Waals surface area contributed by atoms with Crippen molar-refractivity contribution >= 4 is 17.7 Å². The standard InChI is InChI=1S/C24H26N2O5/c1-30-16-11-12-21(31-2)19(15-16)20-9-5-13-25(20)22(27)10-6-14-26-23(28)17-7-3-4-8-18(17)24(26)29/h3-4,7-8,11-12,15,20H,5-6,9-10,13-14H2,1-2H3. The largest absolute Gasteiger partial charge is 0.497 e. The summed E-state index contributed by atoms with van der Waals surface area (Å²) in [6, 6.07) is 12.4. The van der Waals surface area contributed by atoms with E-state index in [1.165, 1.54) is 4.90 Å². The average molecular weight is 422 g/mol. The van der Waals surface area contributed by atoms with Crippen LogP contribution in [0.15, 0.2) is 42.5 Å². The maximum absolute atomic E-state index is 13.0. The summed E-state index contributed by atoms with van der Waals surface area (Å²) in [5.41, 5.74) is 1.81. The number of nitrogens with zero attached hydrogens (tertiary/aromatic N) is 2. The monoisotopic (exact) mass is 422 g/mol. The van der Waals surface area contributed by atoms with Crippen molar-refractivity contribution in [1.29, 1.82) is 0 Å². The number of amides is 3. The lowest BCUT2D eigenvalue weighted by molar-refractivity contribution is -0.132. The molecule has 0 saturated carbocycles. The highest BCUT2D eigenvalue weighted by Gasteiger charge is 2.35. The van der Waals surface area contributed by atoms with E-state index in [9.17, 15) is 14.4 Å². The Morgan fingerprint density at radius 3 is 2.39 bits per heavy atom. The van der Waals surface area contributed by atoms with Gasteiger partial charge in [-0.2, -0.15) is 0 Å². The van der Waals surface area contributed by atoms with E-state index in [1.54, 1.807) is 38.5 Å². The molecule has 2 aliphatic rings. The Balaban J connectivity index is 1.40. The predicted molar refractivity (Wildman–Crippen MR) is 114 cm³/mol. The molecule has 2 aromatic rings. The molecule has 2 aliphatic heterocycles. The van der Waals surface area contributed by atoms with E-state index in [-0.39, 0.29) is 36.7 Å². The number of methoxy groups -OCH3 is 2. The molecule has 3 amide bonds. The van der Waals surface area contributed by atoms with Gasteiger partial charge in [0.25, 0.3) is 11.8 Å². The topological polar surface area (TPSA) is 76.2 Å². The number of ether oxygens (including phenoxy) is 2. The van der Waals surface area contributed by atoms with Crippen LogP contribution < -0.4 is 9.47 Å². The molecule has 31 heavy (non-hydrogen) atoms. The minimum absolute atomic E-state index is 0.0176. The highest BCUT2D eigenvalue weighted by atomic mass is 16.5. The summed E-state index contributed by atoms with van der Waals surface area (Å²) in [5, 5.41) is 0. The van der Waals surface area contributed by atoms with Crippen LogP contribution in [-0.4, -0.2) is 54.8 Å². The van der Waals surface area contributed by atoms with Gasteiger partial charge in [0.1, 0.15) is 11.5 Å². The van der Waals surface area contributed by atoms with Crippen molar-refractivity contribution < 1.29 is 23.9 Å². The fourth-order valence-corrected chi connectivity index (χ4v) is 4.46. The molecule has 0 radical (unpaired) electrons. The van der Waals surface area contributed by atoms with Crippen LogP contribution in [-0.2, 0) is 4.79 Å². The zero-order valence-corrected chi connectivity index (χ0v) is 17.8. The molecule has 2 heterocycles. The lowest BCUT2D eigenvalue weighted by Crippen LogP contribution is -2.33. The van der Waals surface area contributed by atoms with Crippen LogP contribution in [0.2, 0.25) is 0 Å². The average Bonchev–Trinajstić information content (AvgIpc) is 3.38. The van der Waals surface area contributed by atoms with Crippen molar-refractivity contribution in [2.45, 2.75) is 31.7 Å². The summed E-state index contributed by atoms with van der Waals surface area (Å²) in [5.74, 6) is 0.905.